The van der Waals surface area contributed by atoms with Gasteiger partial charge in [0.2, 0.25) is 0 Å². The van der Waals surface area contributed by atoms with E-state index in [1.54, 1.807) is 7.11 Å². The minimum Gasteiger partial charge on any atom is -0.383 e. The zero-order valence-corrected chi connectivity index (χ0v) is 20.6. The van der Waals surface area contributed by atoms with Gasteiger partial charge >= 0.3 is 0 Å². The van der Waals surface area contributed by atoms with Crippen LogP contribution in [0.3, 0.4) is 0 Å². The minimum absolute atomic E-state index is 0.127. The number of methoxy groups -OCH3 is 1. The Bertz CT molecular complexity index is 938. The van der Waals surface area contributed by atoms with Crippen LogP contribution in [-0.4, -0.2) is 85.1 Å². The van der Waals surface area contributed by atoms with Crippen molar-refractivity contribution in [2.45, 2.75) is 32.2 Å². The lowest BCUT2D eigenvalue weighted by molar-refractivity contribution is 0.0591. The Morgan fingerprint density at radius 2 is 1.76 bits per heavy atom. The van der Waals surface area contributed by atoms with Gasteiger partial charge in [-0.1, -0.05) is 29.8 Å². The molecule has 0 unspecified atom stereocenters. The summed E-state index contributed by atoms with van der Waals surface area (Å²) in [5.41, 5.74) is 3.92. The molecule has 4 rings (SSSR count). The van der Waals surface area contributed by atoms with Crippen molar-refractivity contribution in [1.82, 2.24) is 19.7 Å². The Morgan fingerprint density at radius 3 is 2.45 bits per heavy atom. The van der Waals surface area contributed by atoms with Crippen LogP contribution in [0.25, 0.3) is 0 Å². The number of carbonyl (C=O) groups is 1. The van der Waals surface area contributed by atoms with Gasteiger partial charge in [-0.05, 0) is 56.6 Å². The van der Waals surface area contributed by atoms with E-state index in [2.05, 4.69) is 15.9 Å². The third-order valence-electron chi connectivity index (χ3n) is 6.89. The van der Waals surface area contributed by atoms with E-state index >= 15 is 0 Å². The fourth-order valence-corrected chi connectivity index (χ4v) is 5.06. The predicted molar refractivity (Wildman–Crippen MR) is 132 cm³/mol. The van der Waals surface area contributed by atoms with Crippen LogP contribution in [-0.2, 0) is 11.3 Å². The molecular weight excluding hydrogens is 436 g/mol. The number of hydrogen-bond acceptors (Lipinski definition) is 5. The number of nitrogens with zero attached hydrogens (tertiary/aromatic N) is 4. The maximum Gasteiger partial charge on any atom is 0.255 e. The molecule has 0 radical (unpaired) electrons. The maximum atomic E-state index is 13.5. The molecular formula is C26H35ClN4O2. The number of halogens is 1. The maximum absolute atomic E-state index is 13.5. The van der Waals surface area contributed by atoms with E-state index in [0.717, 1.165) is 93.8 Å². The molecule has 7 heteroatoms. The van der Waals surface area contributed by atoms with Crippen molar-refractivity contribution in [3.05, 3.63) is 63.9 Å². The van der Waals surface area contributed by atoms with E-state index in [9.17, 15) is 4.79 Å². The zero-order valence-electron chi connectivity index (χ0n) is 19.8. The van der Waals surface area contributed by atoms with E-state index in [1.165, 1.54) is 5.56 Å². The number of likely N-dealkylation sites (tertiary alicyclic amines) is 1. The van der Waals surface area contributed by atoms with Crippen LogP contribution >= 0.6 is 11.6 Å². The van der Waals surface area contributed by atoms with Gasteiger partial charge in [-0.25, -0.2) is 0 Å². The molecule has 2 fully saturated rings. The predicted octanol–water partition coefficient (Wildman–Crippen LogP) is 3.83. The van der Waals surface area contributed by atoms with Crippen LogP contribution in [0, 0.1) is 6.92 Å². The van der Waals surface area contributed by atoms with Gasteiger partial charge in [-0.15, -0.1) is 0 Å². The molecule has 1 amide bonds. The number of piperazine rings is 1. The first-order valence-corrected chi connectivity index (χ1v) is 12.4. The topological polar surface area (TPSA) is 48.9 Å². The van der Waals surface area contributed by atoms with Crippen molar-refractivity contribution in [2.24, 2.45) is 0 Å². The SMILES string of the molecule is COCCN1CCN(C(=O)c2ccc(C)nc2C2CCN(Cc3ccccc3Cl)CC2)CC1. The summed E-state index contributed by atoms with van der Waals surface area (Å²) in [5, 5.41) is 0.829. The van der Waals surface area contributed by atoms with Crippen LogP contribution in [0.1, 0.15) is 46.1 Å². The molecule has 2 aliphatic rings. The second kappa shape index (κ2) is 11.4. The standard InChI is InChI=1S/C26H35ClN4O2/c1-20-7-8-23(26(32)31-15-13-29(14-16-31)17-18-33-2)25(28-20)21-9-11-30(12-10-21)19-22-5-3-4-6-24(22)27/h3-8,21H,9-19H2,1-2H3. The van der Waals surface area contributed by atoms with Gasteiger partial charge in [0.15, 0.2) is 0 Å². The summed E-state index contributed by atoms with van der Waals surface area (Å²) in [6.07, 6.45) is 2.01. The number of amides is 1. The number of benzene rings is 1. The van der Waals surface area contributed by atoms with Gasteiger partial charge in [0.1, 0.15) is 0 Å². The molecule has 0 N–H and O–H groups in total. The van der Waals surface area contributed by atoms with E-state index in [0.29, 0.717) is 5.92 Å². The number of aromatic nitrogens is 1. The fraction of sp³-hybridized carbons (Fsp3) is 0.538. The van der Waals surface area contributed by atoms with Gasteiger partial charge in [0.05, 0.1) is 17.9 Å². The van der Waals surface area contributed by atoms with Crippen molar-refractivity contribution in [3.63, 3.8) is 0 Å². The molecule has 1 aromatic heterocycles. The summed E-state index contributed by atoms with van der Waals surface area (Å²) in [6, 6.07) is 12.0. The molecule has 0 bridgehead atoms. The van der Waals surface area contributed by atoms with Crippen molar-refractivity contribution in [1.29, 1.82) is 0 Å². The number of piperidine rings is 1. The van der Waals surface area contributed by atoms with Crippen molar-refractivity contribution >= 4 is 17.5 Å². The smallest absolute Gasteiger partial charge is 0.255 e. The second-order valence-electron chi connectivity index (χ2n) is 9.15. The Morgan fingerprint density at radius 1 is 1.03 bits per heavy atom. The van der Waals surface area contributed by atoms with Crippen molar-refractivity contribution < 1.29 is 9.53 Å². The number of ether oxygens (including phenoxy) is 1. The molecule has 0 atom stereocenters. The Balaban J connectivity index is 1.39. The second-order valence-corrected chi connectivity index (χ2v) is 9.56. The van der Waals surface area contributed by atoms with Crippen LogP contribution in [0.5, 0.6) is 0 Å². The molecule has 2 aromatic rings. The van der Waals surface area contributed by atoms with E-state index in [1.807, 2.05) is 42.2 Å². The molecule has 0 saturated carbocycles. The zero-order chi connectivity index (χ0) is 23.2. The first-order chi connectivity index (χ1) is 16.0. The number of rotatable bonds is 7. The number of aryl methyl sites for hydroxylation is 1. The molecule has 6 nitrogen and oxygen atoms in total. The molecule has 1 aromatic carbocycles. The highest BCUT2D eigenvalue weighted by Crippen LogP contribution is 2.31. The Hall–Kier alpha value is -1.99. The average Bonchev–Trinajstić information content (AvgIpc) is 2.84. The first-order valence-electron chi connectivity index (χ1n) is 12.0. The fourth-order valence-electron chi connectivity index (χ4n) is 4.87. The number of hydrogen-bond donors (Lipinski definition) is 0. The van der Waals surface area contributed by atoms with Gasteiger partial charge in [-0.2, -0.15) is 0 Å². The summed E-state index contributed by atoms with van der Waals surface area (Å²) in [6.45, 7) is 9.80. The van der Waals surface area contributed by atoms with Crippen molar-refractivity contribution in [3.8, 4) is 0 Å². The number of pyridine rings is 1. The average molecular weight is 471 g/mol. The van der Waals surface area contributed by atoms with Crippen LogP contribution < -0.4 is 0 Å². The molecule has 178 valence electrons. The third kappa shape index (κ3) is 6.12. The van der Waals surface area contributed by atoms with E-state index in [-0.39, 0.29) is 5.91 Å². The van der Waals surface area contributed by atoms with Gasteiger partial charge in [0.25, 0.3) is 5.91 Å². The van der Waals surface area contributed by atoms with E-state index in [4.69, 9.17) is 21.3 Å². The summed E-state index contributed by atoms with van der Waals surface area (Å²) in [5.74, 6) is 0.441. The highest BCUT2D eigenvalue weighted by Gasteiger charge is 2.29. The minimum atomic E-state index is 0.127. The Kier molecular flexibility index (Phi) is 8.36. The van der Waals surface area contributed by atoms with Crippen LogP contribution in [0.15, 0.2) is 36.4 Å². The molecule has 2 saturated heterocycles. The summed E-state index contributed by atoms with van der Waals surface area (Å²) < 4.78 is 5.19. The van der Waals surface area contributed by atoms with Gasteiger partial charge in [-0.3, -0.25) is 19.6 Å². The summed E-state index contributed by atoms with van der Waals surface area (Å²) in [4.78, 5) is 25.1. The number of carbonyl (C=O) groups excluding carboxylic acids is 1. The quantitative estimate of drug-likeness (QED) is 0.615. The molecule has 0 aliphatic carbocycles. The lowest BCUT2D eigenvalue weighted by Gasteiger charge is -2.36. The summed E-state index contributed by atoms with van der Waals surface area (Å²) >= 11 is 6.36. The lowest BCUT2D eigenvalue weighted by atomic mass is 9.89. The van der Waals surface area contributed by atoms with Gasteiger partial charge in [0, 0.05) is 63.0 Å². The largest absolute Gasteiger partial charge is 0.383 e. The Labute approximate surface area is 202 Å². The first kappa shape index (κ1) is 24.1. The highest BCUT2D eigenvalue weighted by atomic mass is 35.5. The molecule has 33 heavy (non-hydrogen) atoms. The molecule has 0 spiro atoms. The van der Waals surface area contributed by atoms with Crippen LogP contribution in [0.2, 0.25) is 5.02 Å². The van der Waals surface area contributed by atoms with Crippen molar-refractivity contribution in [2.75, 3.05) is 59.5 Å². The monoisotopic (exact) mass is 470 g/mol. The van der Waals surface area contributed by atoms with Crippen LogP contribution in [0.4, 0.5) is 0 Å². The third-order valence-corrected chi connectivity index (χ3v) is 7.26. The highest BCUT2D eigenvalue weighted by molar-refractivity contribution is 6.31. The summed E-state index contributed by atoms with van der Waals surface area (Å²) in [7, 11) is 1.73. The lowest BCUT2D eigenvalue weighted by Crippen LogP contribution is -2.49. The normalized spacial score (nSPS) is 18.6. The van der Waals surface area contributed by atoms with Gasteiger partial charge < -0.3 is 9.64 Å². The van der Waals surface area contributed by atoms with E-state index < -0.39 is 0 Å². The molecule has 3 heterocycles. The molecule has 2 aliphatic heterocycles.